The van der Waals surface area contributed by atoms with E-state index in [1.165, 1.54) is 18.2 Å². The van der Waals surface area contributed by atoms with Crippen LogP contribution in [0.25, 0.3) is 5.65 Å². The maximum atomic E-state index is 12.3. The van der Waals surface area contributed by atoms with Gasteiger partial charge in [-0.15, -0.1) is 10.2 Å². The third-order valence-corrected chi connectivity index (χ3v) is 4.66. The Bertz CT molecular complexity index is 612. The number of aromatic nitrogens is 3. The van der Waals surface area contributed by atoms with Crippen LogP contribution in [0.15, 0.2) is 29.6 Å². The summed E-state index contributed by atoms with van der Waals surface area (Å²) in [5.74, 6) is 0.634. The Morgan fingerprint density at radius 3 is 3.15 bits per heavy atom. The summed E-state index contributed by atoms with van der Waals surface area (Å²) in [6.07, 6.45) is 5.39. The molecule has 3 rings (SSSR count). The fourth-order valence-electron chi connectivity index (χ4n) is 2.60. The van der Waals surface area contributed by atoms with Crippen molar-refractivity contribution in [1.29, 1.82) is 0 Å². The van der Waals surface area contributed by atoms with E-state index in [1.807, 2.05) is 33.7 Å². The third kappa shape index (κ3) is 2.65. The highest BCUT2D eigenvalue weighted by molar-refractivity contribution is 7.99. The number of rotatable bonds is 3. The molecule has 0 saturated carbocycles. The molecule has 0 N–H and O–H groups in total. The Hall–Kier alpha value is -1.56. The van der Waals surface area contributed by atoms with Gasteiger partial charge in [-0.05, 0) is 38.3 Å². The fourth-order valence-corrected chi connectivity index (χ4v) is 3.41. The van der Waals surface area contributed by atoms with Gasteiger partial charge in [-0.1, -0.05) is 17.8 Å². The van der Waals surface area contributed by atoms with Crippen molar-refractivity contribution in [3.63, 3.8) is 0 Å². The van der Waals surface area contributed by atoms with E-state index in [1.54, 1.807) is 0 Å². The van der Waals surface area contributed by atoms with E-state index in [0.29, 0.717) is 11.8 Å². The second kappa shape index (κ2) is 5.83. The van der Waals surface area contributed by atoms with E-state index in [9.17, 15) is 4.79 Å². The molecule has 3 heterocycles. The monoisotopic (exact) mass is 290 g/mol. The summed E-state index contributed by atoms with van der Waals surface area (Å²) in [4.78, 5) is 14.3. The van der Waals surface area contributed by atoms with Crippen LogP contribution < -0.4 is 0 Å². The first-order valence-electron chi connectivity index (χ1n) is 6.98. The SMILES string of the molecule is CC1CCCCN1C(=O)CSc1nnc2ccccn12. The molecule has 0 radical (unpaired) electrons. The van der Waals surface area contributed by atoms with Gasteiger partial charge in [0.2, 0.25) is 5.91 Å². The van der Waals surface area contributed by atoms with Crippen molar-refractivity contribution in [2.45, 2.75) is 37.4 Å². The molecule has 1 aliphatic rings. The lowest BCUT2D eigenvalue weighted by Crippen LogP contribution is -2.42. The van der Waals surface area contributed by atoms with Crippen LogP contribution in [0.3, 0.4) is 0 Å². The van der Waals surface area contributed by atoms with Crippen molar-refractivity contribution in [3.05, 3.63) is 24.4 Å². The molecule has 0 bridgehead atoms. The molecule has 0 aliphatic carbocycles. The number of nitrogens with zero attached hydrogens (tertiary/aromatic N) is 4. The van der Waals surface area contributed by atoms with Crippen LogP contribution in [0.2, 0.25) is 0 Å². The fraction of sp³-hybridized carbons (Fsp3) is 0.500. The Morgan fingerprint density at radius 1 is 1.40 bits per heavy atom. The largest absolute Gasteiger partial charge is 0.339 e. The van der Waals surface area contributed by atoms with Crippen molar-refractivity contribution in [2.24, 2.45) is 0 Å². The zero-order chi connectivity index (χ0) is 13.9. The lowest BCUT2D eigenvalue weighted by Gasteiger charge is -2.33. The summed E-state index contributed by atoms with van der Waals surface area (Å²) >= 11 is 1.46. The second-order valence-corrected chi connectivity index (χ2v) is 6.07. The van der Waals surface area contributed by atoms with Crippen molar-refractivity contribution in [1.82, 2.24) is 19.5 Å². The Labute approximate surface area is 122 Å². The molecule has 5 nitrogen and oxygen atoms in total. The standard InChI is InChI=1S/C14H18N4OS/c1-11-6-2-4-8-17(11)13(19)10-20-14-16-15-12-7-3-5-9-18(12)14/h3,5,7,9,11H,2,4,6,8,10H2,1H3. The van der Waals surface area contributed by atoms with Gasteiger partial charge in [0.15, 0.2) is 10.8 Å². The van der Waals surface area contributed by atoms with Gasteiger partial charge in [-0.3, -0.25) is 9.20 Å². The summed E-state index contributed by atoms with van der Waals surface area (Å²) in [6, 6.07) is 6.14. The number of likely N-dealkylation sites (tertiary alicyclic amines) is 1. The lowest BCUT2D eigenvalue weighted by atomic mass is 10.0. The molecular weight excluding hydrogens is 272 g/mol. The van der Waals surface area contributed by atoms with Gasteiger partial charge in [0.25, 0.3) is 0 Å². The summed E-state index contributed by atoms with van der Waals surface area (Å²) in [6.45, 7) is 3.02. The smallest absolute Gasteiger partial charge is 0.233 e. The van der Waals surface area contributed by atoms with Gasteiger partial charge in [0.05, 0.1) is 5.75 Å². The molecule has 1 amide bonds. The van der Waals surface area contributed by atoms with Gasteiger partial charge in [-0.2, -0.15) is 0 Å². The minimum Gasteiger partial charge on any atom is -0.339 e. The van der Waals surface area contributed by atoms with Crippen molar-refractivity contribution < 1.29 is 4.79 Å². The van der Waals surface area contributed by atoms with Crippen molar-refractivity contribution in [2.75, 3.05) is 12.3 Å². The van der Waals surface area contributed by atoms with E-state index in [-0.39, 0.29) is 5.91 Å². The van der Waals surface area contributed by atoms with E-state index in [2.05, 4.69) is 17.1 Å². The average Bonchev–Trinajstić information content (AvgIpc) is 2.88. The second-order valence-electron chi connectivity index (χ2n) is 5.13. The number of carbonyl (C=O) groups excluding carboxylic acids is 1. The van der Waals surface area contributed by atoms with Crippen LogP contribution in [0, 0.1) is 0 Å². The van der Waals surface area contributed by atoms with Crippen LogP contribution in [0.5, 0.6) is 0 Å². The predicted molar refractivity (Wildman–Crippen MR) is 78.7 cm³/mol. The van der Waals surface area contributed by atoms with Crippen molar-refractivity contribution in [3.8, 4) is 0 Å². The van der Waals surface area contributed by atoms with Gasteiger partial charge in [-0.25, -0.2) is 0 Å². The Balaban J connectivity index is 1.65. The predicted octanol–water partition coefficient (Wildman–Crippen LogP) is 2.22. The minimum atomic E-state index is 0.204. The molecular formula is C14H18N4OS. The minimum absolute atomic E-state index is 0.204. The number of amides is 1. The number of thioether (sulfide) groups is 1. The number of hydrogen-bond donors (Lipinski definition) is 0. The lowest BCUT2D eigenvalue weighted by molar-refractivity contribution is -0.131. The van der Waals surface area contributed by atoms with Crippen LogP contribution in [0.4, 0.5) is 0 Å². The molecule has 106 valence electrons. The van der Waals surface area contributed by atoms with Gasteiger partial charge < -0.3 is 4.90 Å². The zero-order valence-electron chi connectivity index (χ0n) is 11.5. The molecule has 1 aliphatic heterocycles. The highest BCUT2D eigenvalue weighted by Crippen LogP contribution is 2.21. The van der Waals surface area contributed by atoms with Gasteiger partial charge in [0.1, 0.15) is 0 Å². The first-order valence-corrected chi connectivity index (χ1v) is 7.96. The average molecular weight is 290 g/mol. The first kappa shape index (κ1) is 13.4. The quantitative estimate of drug-likeness (QED) is 0.813. The number of fused-ring (bicyclic) bond motifs is 1. The summed E-state index contributed by atoms with van der Waals surface area (Å²) < 4.78 is 1.91. The van der Waals surface area contributed by atoms with Crippen molar-refractivity contribution >= 4 is 23.3 Å². The Morgan fingerprint density at radius 2 is 2.30 bits per heavy atom. The van der Waals surface area contributed by atoms with E-state index >= 15 is 0 Å². The summed E-state index contributed by atoms with van der Waals surface area (Å²) in [5.41, 5.74) is 0.814. The number of hydrogen-bond acceptors (Lipinski definition) is 4. The molecule has 0 aromatic carbocycles. The zero-order valence-corrected chi connectivity index (χ0v) is 12.3. The van der Waals surface area contributed by atoms with E-state index < -0.39 is 0 Å². The summed E-state index contributed by atoms with van der Waals surface area (Å²) in [5, 5.41) is 9.00. The molecule has 1 saturated heterocycles. The van der Waals surface area contributed by atoms with Crippen LogP contribution in [0.1, 0.15) is 26.2 Å². The summed E-state index contributed by atoms with van der Waals surface area (Å²) in [7, 11) is 0. The maximum Gasteiger partial charge on any atom is 0.233 e. The molecule has 20 heavy (non-hydrogen) atoms. The molecule has 2 aromatic heterocycles. The topological polar surface area (TPSA) is 50.5 Å². The van der Waals surface area contributed by atoms with Gasteiger partial charge in [0, 0.05) is 18.8 Å². The van der Waals surface area contributed by atoms with Crippen LogP contribution in [-0.4, -0.2) is 43.7 Å². The highest BCUT2D eigenvalue weighted by Gasteiger charge is 2.23. The molecule has 1 fully saturated rings. The molecule has 2 aromatic rings. The van der Waals surface area contributed by atoms with E-state index in [4.69, 9.17) is 0 Å². The molecule has 1 atom stereocenters. The van der Waals surface area contributed by atoms with Gasteiger partial charge >= 0.3 is 0 Å². The van der Waals surface area contributed by atoms with E-state index in [0.717, 1.165) is 30.2 Å². The van der Waals surface area contributed by atoms with Crippen LogP contribution in [-0.2, 0) is 4.79 Å². The maximum absolute atomic E-state index is 12.3. The first-order chi connectivity index (χ1) is 9.75. The Kier molecular flexibility index (Phi) is 3.91. The number of pyridine rings is 1. The highest BCUT2D eigenvalue weighted by atomic mass is 32.2. The third-order valence-electron chi connectivity index (χ3n) is 3.73. The van der Waals surface area contributed by atoms with Crippen LogP contribution >= 0.6 is 11.8 Å². The molecule has 0 spiro atoms. The number of piperidine rings is 1. The normalized spacial score (nSPS) is 19.4. The molecule has 1 unspecified atom stereocenters. The number of carbonyl (C=O) groups is 1. The molecule has 6 heteroatoms.